The molecular formula is C10H12Cl2O2. The number of benzene rings is 1. The van der Waals surface area contributed by atoms with Crippen LogP contribution >= 0.6 is 23.2 Å². The topological polar surface area (TPSA) is 29.5 Å². The third-order valence-corrected chi connectivity index (χ3v) is 2.64. The zero-order chi connectivity index (χ0) is 10.7. The summed E-state index contributed by atoms with van der Waals surface area (Å²) < 4.78 is 5.00. The summed E-state index contributed by atoms with van der Waals surface area (Å²) in [6.07, 6.45) is 0.0217. The van der Waals surface area contributed by atoms with E-state index in [2.05, 4.69) is 0 Å². The predicted molar refractivity (Wildman–Crippen MR) is 58.3 cm³/mol. The van der Waals surface area contributed by atoms with E-state index >= 15 is 0 Å². The summed E-state index contributed by atoms with van der Waals surface area (Å²) in [5.74, 6) is 0.517. The van der Waals surface area contributed by atoms with Crippen molar-refractivity contribution in [1.29, 1.82) is 0 Å². The molecule has 0 unspecified atom stereocenters. The van der Waals surface area contributed by atoms with Crippen molar-refractivity contribution in [2.45, 2.75) is 19.4 Å². The number of methoxy groups -OCH3 is 1. The van der Waals surface area contributed by atoms with Crippen LogP contribution in [0.5, 0.6) is 5.75 Å². The van der Waals surface area contributed by atoms with Gasteiger partial charge in [0.1, 0.15) is 5.75 Å². The summed E-state index contributed by atoms with van der Waals surface area (Å²) in [5, 5.41) is 10.5. The van der Waals surface area contributed by atoms with Gasteiger partial charge in [-0.05, 0) is 12.5 Å². The van der Waals surface area contributed by atoms with Crippen molar-refractivity contribution in [2.75, 3.05) is 7.11 Å². The van der Waals surface area contributed by atoms with Crippen molar-refractivity contribution in [3.8, 4) is 5.75 Å². The van der Waals surface area contributed by atoms with E-state index in [1.165, 1.54) is 7.11 Å². The minimum Gasteiger partial charge on any atom is -0.495 e. The van der Waals surface area contributed by atoms with Crippen molar-refractivity contribution < 1.29 is 9.84 Å². The molecule has 1 rings (SSSR count). The lowest BCUT2D eigenvalue weighted by atomic mass is 10.1. The summed E-state index contributed by atoms with van der Waals surface area (Å²) in [4.78, 5) is 0. The first-order chi connectivity index (χ1) is 6.60. The number of hydrogen-bond donors (Lipinski definition) is 1. The Morgan fingerprint density at radius 3 is 2.50 bits per heavy atom. The zero-order valence-electron chi connectivity index (χ0n) is 8.05. The van der Waals surface area contributed by atoms with E-state index in [0.717, 1.165) is 0 Å². The number of halogens is 2. The van der Waals surface area contributed by atoms with Crippen LogP contribution in [0.4, 0.5) is 0 Å². The van der Waals surface area contributed by atoms with Gasteiger partial charge in [-0.2, -0.15) is 0 Å². The van der Waals surface area contributed by atoms with Gasteiger partial charge in [0.25, 0.3) is 0 Å². The predicted octanol–water partition coefficient (Wildman–Crippen LogP) is 3.45. The Labute approximate surface area is 93.4 Å². The molecule has 4 heteroatoms. The molecule has 1 aromatic rings. The molecule has 78 valence electrons. The first-order valence-electron chi connectivity index (χ1n) is 4.31. The lowest BCUT2D eigenvalue weighted by Gasteiger charge is -2.12. The number of rotatable bonds is 3. The normalized spacial score (nSPS) is 12.6. The Bertz CT molecular complexity index is 326. The molecule has 0 fully saturated rings. The van der Waals surface area contributed by atoms with Crippen LogP contribution in [0.15, 0.2) is 12.1 Å². The van der Waals surface area contributed by atoms with Crippen LogP contribution in [0.1, 0.15) is 25.0 Å². The highest BCUT2D eigenvalue weighted by molar-refractivity contribution is 6.34. The van der Waals surface area contributed by atoms with Crippen molar-refractivity contribution in [3.05, 3.63) is 27.7 Å². The second-order valence-corrected chi connectivity index (χ2v) is 3.75. The summed E-state index contributed by atoms with van der Waals surface area (Å²) in [6.45, 7) is 1.87. The molecule has 0 saturated heterocycles. The summed E-state index contributed by atoms with van der Waals surface area (Å²) in [7, 11) is 1.52. The maximum atomic E-state index is 9.61. The van der Waals surface area contributed by atoms with Crippen LogP contribution in [0.2, 0.25) is 10.0 Å². The standard InChI is InChI=1S/C10H12Cl2O2/c1-3-9(13)6-4-8(12)10(14-2)5-7(6)11/h4-5,9,13H,3H2,1-2H3/t9-/m0/s1. The van der Waals surface area contributed by atoms with Gasteiger partial charge >= 0.3 is 0 Å². The Hall–Kier alpha value is -0.440. The van der Waals surface area contributed by atoms with Gasteiger partial charge < -0.3 is 9.84 Å². The average Bonchev–Trinajstić information content (AvgIpc) is 2.19. The van der Waals surface area contributed by atoms with E-state index in [0.29, 0.717) is 27.8 Å². The molecule has 0 aliphatic carbocycles. The van der Waals surface area contributed by atoms with Crippen LogP contribution in [0.3, 0.4) is 0 Å². The van der Waals surface area contributed by atoms with Gasteiger partial charge in [-0.15, -0.1) is 0 Å². The van der Waals surface area contributed by atoms with Crippen molar-refractivity contribution in [2.24, 2.45) is 0 Å². The first-order valence-corrected chi connectivity index (χ1v) is 5.06. The number of aliphatic hydroxyl groups excluding tert-OH is 1. The Kier molecular flexibility index (Phi) is 4.05. The smallest absolute Gasteiger partial charge is 0.138 e. The lowest BCUT2D eigenvalue weighted by molar-refractivity contribution is 0.173. The van der Waals surface area contributed by atoms with E-state index in [1.807, 2.05) is 6.92 Å². The molecule has 0 aromatic heterocycles. The molecule has 0 saturated carbocycles. The number of aliphatic hydroxyl groups is 1. The lowest BCUT2D eigenvalue weighted by Crippen LogP contribution is -1.97. The minimum atomic E-state index is -0.578. The van der Waals surface area contributed by atoms with Crippen LogP contribution < -0.4 is 4.74 Å². The maximum absolute atomic E-state index is 9.61. The second-order valence-electron chi connectivity index (χ2n) is 2.93. The molecule has 1 N–H and O–H groups in total. The van der Waals surface area contributed by atoms with Crippen molar-refractivity contribution >= 4 is 23.2 Å². The fraction of sp³-hybridized carbons (Fsp3) is 0.400. The number of hydrogen-bond acceptors (Lipinski definition) is 2. The molecule has 1 atom stereocenters. The van der Waals surface area contributed by atoms with Crippen LogP contribution in [-0.2, 0) is 0 Å². The highest BCUT2D eigenvalue weighted by Crippen LogP contribution is 2.34. The second kappa shape index (κ2) is 4.87. The monoisotopic (exact) mass is 234 g/mol. The summed E-state index contributed by atoms with van der Waals surface area (Å²) in [5.41, 5.74) is 0.639. The molecule has 2 nitrogen and oxygen atoms in total. The van der Waals surface area contributed by atoms with Gasteiger partial charge in [0.2, 0.25) is 0 Å². The van der Waals surface area contributed by atoms with Crippen LogP contribution in [0, 0.1) is 0 Å². The van der Waals surface area contributed by atoms with Crippen LogP contribution in [0.25, 0.3) is 0 Å². The van der Waals surface area contributed by atoms with E-state index in [4.69, 9.17) is 27.9 Å². The minimum absolute atomic E-state index is 0.458. The van der Waals surface area contributed by atoms with Gasteiger partial charge in [-0.3, -0.25) is 0 Å². The van der Waals surface area contributed by atoms with Gasteiger partial charge in [0.15, 0.2) is 0 Å². The average molecular weight is 235 g/mol. The Morgan fingerprint density at radius 2 is 2.00 bits per heavy atom. The van der Waals surface area contributed by atoms with E-state index in [-0.39, 0.29) is 0 Å². The molecule has 0 amide bonds. The van der Waals surface area contributed by atoms with Crippen molar-refractivity contribution in [1.82, 2.24) is 0 Å². The Balaban J connectivity index is 3.14. The SMILES string of the molecule is CC[C@H](O)c1cc(Cl)c(OC)cc1Cl. The van der Waals surface area contributed by atoms with E-state index < -0.39 is 6.10 Å². The largest absolute Gasteiger partial charge is 0.495 e. The molecule has 0 radical (unpaired) electrons. The zero-order valence-corrected chi connectivity index (χ0v) is 9.56. The summed E-state index contributed by atoms with van der Waals surface area (Å²) >= 11 is 11.9. The quantitative estimate of drug-likeness (QED) is 0.869. The molecule has 0 aliphatic heterocycles. The maximum Gasteiger partial charge on any atom is 0.138 e. The molecule has 0 spiro atoms. The van der Waals surface area contributed by atoms with Gasteiger partial charge in [-0.1, -0.05) is 30.1 Å². The Morgan fingerprint density at radius 1 is 1.36 bits per heavy atom. The number of ether oxygens (including phenoxy) is 1. The van der Waals surface area contributed by atoms with Crippen LogP contribution in [-0.4, -0.2) is 12.2 Å². The molecule has 14 heavy (non-hydrogen) atoms. The fourth-order valence-electron chi connectivity index (χ4n) is 1.18. The van der Waals surface area contributed by atoms with Gasteiger partial charge in [-0.25, -0.2) is 0 Å². The van der Waals surface area contributed by atoms with Crippen molar-refractivity contribution in [3.63, 3.8) is 0 Å². The molecule has 0 heterocycles. The summed E-state index contributed by atoms with van der Waals surface area (Å²) in [6, 6.07) is 3.25. The third-order valence-electron chi connectivity index (χ3n) is 2.02. The van der Waals surface area contributed by atoms with Gasteiger partial charge in [0.05, 0.1) is 23.3 Å². The van der Waals surface area contributed by atoms with E-state index in [9.17, 15) is 5.11 Å². The highest BCUT2D eigenvalue weighted by Gasteiger charge is 2.13. The first kappa shape index (κ1) is 11.6. The molecule has 0 aliphatic rings. The fourth-order valence-corrected chi connectivity index (χ4v) is 1.70. The molecule has 1 aromatic carbocycles. The highest BCUT2D eigenvalue weighted by atomic mass is 35.5. The van der Waals surface area contributed by atoms with Gasteiger partial charge in [0, 0.05) is 11.6 Å². The van der Waals surface area contributed by atoms with E-state index in [1.54, 1.807) is 12.1 Å². The molecule has 0 bridgehead atoms. The molecular weight excluding hydrogens is 223 g/mol. The third kappa shape index (κ3) is 2.32.